The smallest absolute Gasteiger partial charge is 0.309 e. The van der Waals surface area contributed by atoms with E-state index >= 15 is 4.79 Å². The van der Waals surface area contributed by atoms with Crippen LogP contribution in [0.15, 0.2) is 48.7 Å². The van der Waals surface area contributed by atoms with Crippen LogP contribution in [-0.2, 0) is 19.1 Å². The van der Waals surface area contributed by atoms with E-state index < -0.39 is 28.8 Å². The van der Waals surface area contributed by atoms with Crippen molar-refractivity contribution in [2.24, 2.45) is 73.9 Å². The Morgan fingerprint density at radius 1 is 0.833 bits per heavy atom. The van der Waals surface area contributed by atoms with E-state index in [4.69, 9.17) is 9.72 Å². The maximum Gasteiger partial charge on any atom is 0.309 e. The molecule has 0 spiro atoms. The number of aromatic amines is 1. The molecule has 14 atom stereocenters. The molecule has 0 radical (unpaired) electrons. The molecule has 3 N–H and O–H groups in total. The Morgan fingerprint density at radius 3 is 2.25 bits per heavy atom. The molecule has 1 amide bonds. The Bertz CT molecular complexity index is 2060. The number of carboxylic acid groups (broad SMARTS) is 1. The number of likely N-dealkylation sites (tertiary alicyclic amines) is 1. The van der Waals surface area contributed by atoms with Gasteiger partial charge in [-0.05, 0) is 134 Å². The number of aliphatic hydroxyl groups is 1. The molecule has 6 saturated carbocycles. The zero-order valence-electron chi connectivity index (χ0n) is 37.6. The maximum atomic E-state index is 15.6. The number of amides is 1. The van der Waals surface area contributed by atoms with Gasteiger partial charge >= 0.3 is 11.9 Å². The average Bonchev–Trinajstić information content (AvgIpc) is 3.93. The van der Waals surface area contributed by atoms with E-state index in [9.17, 15) is 19.8 Å². The van der Waals surface area contributed by atoms with Gasteiger partial charge in [0, 0.05) is 18.4 Å². The van der Waals surface area contributed by atoms with E-state index in [-0.39, 0.29) is 57.5 Å². The van der Waals surface area contributed by atoms with Gasteiger partial charge in [0.05, 0.1) is 41.3 Å². The number of aliphatic hydroxyl groups excluding tert-OH is 1. The molecule has 60 heavy (non-hydrogen) atoms. The third kappa shape index (κ3) is 5.77. The first-order chi connectivity index (χ1) is 28.2. The first-order valence-corrected chi connectivity index (χ1v) is 23.4. The van der Waals surface area contributed by atoms with Gasteiger partial charge in [-0.1, -0.05) is 91.0 Å². The van der Waals surface area contributed by atoms with Crippen molar-refractivity contribution in [2.45, 2.75) is 151 Å². The van der Waals surface area contributed by atoms with E-state index in [0.29, 0.717) is 43.1 Å². The van der Waals surface area contributed by atoms with Crippen molar-refractivity contribution < 1.29 is 29.3 Å². The highest BCUT2D eigenvalue weighted by atomic mass is 16.5. The van der Waals surface area contributed by atoms with E-state index in [2.05, 4.69) is 65.2 Å². The van der Waals surface area contributed by atoms with Crippen molar-refractivity contribution in [1.29, 1.82) is 0 Å². The van der Waals surface area contributed by atoms with Crippen LogP contribution < -0.4 is 0 Å². The SMILES string of the molecule is C=C(C)[C@@H]1CC[C@]2(C(=O)N3C[C@H](O)C[C@H]3c3ncc(-c4ccccc4)[nH]3)CC[C@]3(C)[C@H](CC[C@@H]4[C@@]5(C)CC[C@H](OC(=O)[C@H]6C[C@@H](C(=O)O)C6(C)C)C(C)(C)[C@@H]5CC[C@]43C)[C@@H]12. The summed E-state index contributed by atoms with van der Waals surface area (Å²) in [5.41, 5.74) is 2.11. The monoisotopic (exact) mass is 822 g/mol. The van der Waals surface area contributed by atoms with E-state index in [1.54, 1.807) is 0 Å². The molecule has 7 fully saturated rings. The first-order valence-electron chi connectivity index (χ1n) is 23.4. The Hall–Kier alpha value is -3.46. The molecule has 2 aromatic rings. The fourth-order valence-electron chi connectivity index (χ4n) is 16.5. The molecule has 6 aliphatic carbocycles. The third-order valence-electron chi connectivity index (χ3n) is 20.1. The summed E-state index contributed by atoms with van der Waals surface area (Å²) >= 11 is 0. The largest absolute Gasteiger partial charge is 0.481 e. The van der Waals surface area contributed by atoms with E-state index in [0.717, 1.165) is 81.3 Å². The van der Waals surface area contributed by atoms with E-state index in [1.807, 2.05) is 43.1 Å². The van der Waals surface area contributed by atoms with Crippen molar-refractivity contribution in [3.8, 4) is 11.3 Å². The number of hydrogen-bond acceptors (Lipinski definition) is 6. The molecule has 1 aliphatic heterocycles. The Balaban J connectivity index is 0.976. The lowest BCUT2D eigenvalue weighted by Crippen LogP contribution is -2.67. The molecule has 9 heteroatoms. The van der Waals surface area contributed by atoms with Gasteiger partial charge in [-0.15, -0.1) is 0 Å². The van der Waals surface area contributed by atoms with Crippen LogP contribution in [0.1, 0.15) is 144 Å². The lowest BCUT2D eigenvalue weighted by Gasteiger charge is -2.73. The normalized spacial score (nSPS) is 43.7. The number of nitrogens with one attached hydrogen (secondary N) is 1. The summed E-state index contributed by atoms with van der Waals surface area (Å²) in [6, 6.07) is 9.86. The number of fused-ring (bicyclic) bond motifs is 7. The number of carboxylic acids is 1. The summed E-state index contributed by atoms with van der Waals surface area (Å²) in [4.78, 5) is 51.5. The van der Waals surface area contributed by atoms with Crippen LogP contribution >= 0.6 is 0 Å². The molecule has 1 aromatic heterocycles. The minimum absolute atomic E-state index is 0.0514. The minimum atomic E-state index is -0.826. The van der Waals surface area contributed by atoms with Gasteiger partial charge in [-0.2, -0.15) is 0 Å². The number of benzene rings is 1. The summed E-state index contributed by atoms with van der Waals surface area (Å²) in [7, 11) is 0. The number of hydrogen-bond donors (Lipinski definition) is 3. The van der Waals surface area contributed by atoms with Crippen LogP contribution in [0.3, 0.4) is 0 Å². The Morgan fingerprint density at radius 2 is 1.57 bits per heavy atom. The van der Waals surface area contributed by atoms with Gasteiger partial charge in [0.1, 0.15) is 11.9 Å². The second-order valence-electron chi connectivity index (χ2n) is 23.0. The quantitative estimate of drug-likeness (QED) is 0.187. The minimum Gasteiger partial charge on any atom is -0.481 e. The van der Waals surface area contributed by atoms with Gasteiger partial charge in [0.25, 0.3) is 0 Å². The summed E-state index contributed by atoms with van der Waals surface area (Å²) in [6.45, 7) is 23.4. The lowest BCUT2D eigenvalue weighted by atomic mass is 9.32. The maximum absolute atomic E-state index is 15.6. The summed E-state index contributed by atoms with van der Waals surface area (Å²) in [5, 5.41) is 20.9. The molecule has 9 nitrogen and oxygen atoms in total. The van der Waals surface area contributed by atoms with Crippen LogP contribution in [-0.4, -0.2) is 61.7 Å². The molecule has 2 heterocycles. The third-order valence-corrected chi connectivity index (χ3v) is 20.1. The van der Waals surface area contributed by atoms with Crippen molar-refractivity contribution >= 4 is 17.8 Å². The summed E-state index contributed by atoms with van der Waals surface area (Å²) in [6.07, 6.45) is 12.0. The second kappa shape index (κ2) is 14.0. The molecule has 1 aromatic carbocycles. The van der Waals surface area contributed by atoms with Crippen LogP contribution in [0.4, 0.5) is 0 Å². The van der Waals surface area contributed by atoms with Crippen molar-refractivity contribution in [1.82, 2.24) is 14.9 Å². The summed E-state index contributed by atoms with van der Waals surface area (Å²) < 4.78 is 6.46. The van der Waals surface area contributed by atoms with Gasteiger partial charge < -0.3 is 24.8 Å². The molecule has 0 unspecified atom stereocenters. The molecule has 1 saturated heterocycles. The number of β-amino-alcohol motifs (C(OH)–C–C–N with tert-alkyl or cyclic N) is 1. The highest BCUT2D eigenvalue weighted by Gasteiger charge is 2.73. The number of rotatable bonds is 7. The number of allylic oxidation sites excluding steroid dienone is 1. The van der Waals surface area contributed by atoms with Crippen LogP contribution in [0.5, 0.6) is 0 Å². The predicted octanol–water partition coefficient (Wildman–Crippen LogP) is 10.0. The number of carbonyl (C=O) groups excluding carboxylic acids is 2. The number of H-pyrrole nitrogens is 1. The van der Waals surface area contributed by atoms with Crippen LogP contribution in [0.2, 0.25) is 0 Å². The van der Waals surface area contributed by atoms with Gasteiger partial charge in [0.15, 0.2) is 0 Å². The molecule has 326 valence electrons. The average molecular weight is 822 g/mol. The van der Waals surface area contributed by atoms with Crippen LogP contribution in [0.25, 0.3) is 11.3 Å². The fraction of sp³-hybridized carbons (Fsp3) is 0.725. The number of nitrogens with zero attached hydrogens (tertiary/aromatic N) is 2. The predicted molar refractivity (Wildman–Crippen MR) is 231 cm³/mol. The van der Waals surface area contributed by atoms with E-state index in [1.165, 1.54) is 5.57 Å². The Kier molecular flexibility index (Phi) is 9.79. The highest BCUT2D eigenvalue weighted by molar-refractivity contribution is 5.85. The highest BCUT2D eigenvalue weighted by Crippen LogP contribution is 2.78. The van der Waals surface area contributed by atoms with Crippen molar-refractivity contribution in [2.75, 3.05) is 6.54 Å². The molecular weight excluding hydrogens is 751 g/mol. The zero-order chi connectivity index (χ0) is 42.9. The topological polar surface area (TPSA) is 133 Å². The second-order valence-corrected chi connectivity index (χ2v) is 23.0. The first kappa shape index (κ1) is 41.9. The molecule has 9 rings (SSSR count). The molecule has 0 bridgehead atoms. The standard InChI is InChI=1S/C51H71N3O6/c1-29(2)32-17-22-51(45(59)54-28-31(55)25-37(54)42-52-27-36(53-42)30-13-11-10-12-14-30)24-23-49(8)33(41(32)51)15-16-39-48(7)20-19-40(47(5,6)38(48)18-21-50(39,49)9)60-44(58)35-26-34(43(56)57)46(35,3)4/h10-14,27,31-35,37-41,55H,1,15-26,28H2,2-9H3,(H,52,53)(H,56,57)/t31-,32+,33-,34+,35-,37+,38+,39-,40+,41-,48+,49-,50-,51+/m1/s1. The number of imidazole rings is 1. The lowest BCUT2D eigenvalue weighted by molar-refractivity contribution is -0.251. The zero-order valence-corrected chi connectivity index (χ0v) is 37.6. The Labute approximate surface area is 357 Å². The number of aromatic nitrogens is 2. The molecular formula is C51H71N3O6. The number of esters is 1. The molecule has 7 aliphatic rings. The number of aliphatic carboxylic acids is 1. The van der Waals surface area contributed by atoms with Crippen LogP contribution in [0, 0.1) is 73.9 Å². The van der Waals surface area contributed by atoms with Gasteiger partial charge in [-0.3, -0.25) is 14.4 Å². The van der Waals surface area contributed by atoms with Crippen molar-refractivity contribution in [3.63, 3.8) is 0 Å². The summed E-state index contributed by atoms with van der Waals surface area (Å²) in [5.74, 6) is 0.863. The van der Waals surface area contributed by atoms with Gasteiger partial charge in [0.2, 0.25) is 5.91 Å². The number of ether oxygens (including phenoxy) is 1. The van der Waals surface area contributed by atoms with Gasteiger partial charge in [-0.25, -0.2) is 4.98 Å². The van der Waals surface area contributed by atoms with Crippen molar-refractivity contribution in [3.05, 3.63) is 54.5 Å². The number of carbonyl (C=O) groups is 3. The fourth-order valence-corrected chi connectivity index (χ4v) is 16.5.